The number of phenolic OH excluding ortho intramolecular Hbond substituents is 1. The minimum atomic E-state index is -0.624. The molecule has 16 heavy (non-hydrogen) atoms. The lowest BCUT2D eigenvalue weighted by Gasteiger charge is -2.06. The Morgan fingerprint density at radius 1 is 1.19 bits per heavy atom. The van der Waals surface area contributed by atoms with Gasteiger partial charge in [-0.3, -0.25) is 0 Å². The van der Waals surface area contributed by atoms with Crippen LogP contribution < -0.4 is 4.74 Å². The largest absolute Gasteiger partial charge is 0.508 e. The topological polar surface area (TPSA) is 42.4 Å². The SMILES string of the molecule is Oc1ccc(COc2cccnc2F)cc1. The number of nitrogens with zero attached hydrogens (tertiary/aromatic N) is 1. The maximum Gasteiger partial charge on any atom is 0.255 e. The minimum Gasteiger partial charge on any atom is -0.508 e. The number of rotatable bonds is 3. The summed E-state index contributed by atoms with van der Waals surface area (Å²) in [5.41, 5.74) is 0.848. The summed E-state index contributed by atoms with van der Waals surface area (Å²) in [5, 5.41) is 9.08. The van der Waals surface area contributed by atoms with E-state index in [1.165, 1.54) is 12.3 Å². The molecule has 3 nitrogen and oxygen atoms in total. The highest BCUT2D eigenvalue weighted by atomic mass is 19.1. The van der Waals surface area contributed by atoms with Crippen LogP contribution in [0.25, 0.3) is 0 Å². The van der Waals surface area contributed by atoms with Crippen LogP contribution in [-0.2, 0) is 6.61 Å². The predicted molar refractivity (Wildman–Crippen MR) is 56.6 cm³/mol. The van der Waals surface area contributed by atoms with Crippen LogP contribution in [-0.4, -0.2) is 10.1 Å². The molecule has 0 amide bonds. The first kappa shape index (κ1) is 10.4. The summed E-state index contributed by atoms with van der Waals surface area (Å²) in [7, 11) is 0. The third-order valence-corrected chi connectivity index (χ3v) is 2.06. The second-order valence-corrected chi connectivity index (χ2v) is 3.25. The van der Waals surface area contributed by atoms with E-state index < -0.39 is 5.95 Å². The monoisotopic (exact) mass is 219 g/mol. The first-order valence-corrected chi connectivity index (χ1v) is 4.77. The number of benzene rings is 1. The van der Waals surface area contributed by atoms with Crippen LogP contribution in [0.1, 0.15) is 5.56 Å². The van der Waals surface area contributed by atoms with Crippen LogP contribution in [0, 0.1) is 5.95 Å². The molecule has 1 aromatic carbocycles. The highest BCUT2D eigenvalue weighted by Crippen LogP contribution is 2.16. The summed E-state index contributed by atoms with van der Waals surface area (Å²) in [6, 6.07) is 9.65. The fraction of sp³-hybridized carbons (Fsp3) is 0.0833. The van der Waals surface area contributed by atoms with Gasteiger partial charge in [-0.05, 0) is 29.8 Å². The Bertz CT molecular complexity index is 471. The van der Waals surface area contributed by atoms with Gasteiger partial charge in [-0.25, -0.2) is 4.98 Å². The van der Waals surface area contributed by atoms with Gasteiger partial charge in [-0.2, -0.15) is 4.39 Å². The molecule has 1 heterocycles. The van der Waals surface area contributed by atoms with Gasteiger partial charge in [-0.15, -0.1) is 0 Å². The molecule has 82 valence electrons. The molecule has 4 heteroatoms. The van der Waals surface area contributed by atoms with Crippen molar-refractivity contribution < 1.29 is 14.2 Å². The van der Waals surface area contributed by atoms with E-state index in [9.17, 15) is 4.39 Å². The van der Waals surface area contributed by atoms with Gasteiger partial charge in [0.25, 0.3) is 5.95 Å². The summed E-state index contributed by atoms with van der Waals surface area (Å²) >= 11 is 0. The second kappa shape index (κ2) is 4.61. The predicted octanol–water partition coefficient (Wildman–Crippen LogP) is 2.51. The highest BCUT2D eigenvalue weighted by molar-refractivity contribution is 5.26. The fourth-order valence-electron chi connectivity index (χ4n) is 1.23. The van der Waals surface area contributed by atoms with E-state index in [4.69, 9.17) is 9.84 Å². The second-order valence-electron chi connectivity index (χ2n) is 3.25. The van der Waals surface area contributed by atoms with Crippen LogP contribution >= 0.6 is 0 Å². The molecule has 2 rings (SSSR count). The highest BCUT2D eigenvalue weighted by Gasteiger charge is 2.02. The van der Waals surface area contributed by atoms with Crippen LogP contribution in [0.3, 0.4) is 0 Å². The van der Waals surface area contributed by atoms with Gasteiger partial charge in [0.2, 0.25) is 0 Å². The van der Waals surface area contributed by atoms with E-state index in [2.05, 4.69) is 4.98 Å². The number of aromatic hydroxyl groups is 1. The van der Waals surface area contributed by atoms with E-state index in [0.29, 0.717) is 0 Å². The molecule has 0 aliphatic carbocycles. The van der Waals surface area contributed by atoms with Gasteiger partial charge >= 0.3 is 0 Å². The van der Waals surface area contributed by atoms with Crippen molar-refractivity contribution in [2.45, 2.75) is 6.61 Å². The number of hydrogen-bond donors (Lipinski definition) is 1. The zero-order chi connectivity index (χ0) is 11.4. The summed E-state index contributed by atoms with van der Waals surface area (Å²) in [6.45, 7) is 0.239. The van der Waals surface area contributed by atoms with Crippen molar-refractivity contribution in [3.8, 4) is 11.5 Å². The average molecular weight is 219 g/mol. The molecule has 0 fully saturated rings. The summed E-state index contributed by atoms with van der Waals surface area (Å²) < 4.78 is 18.3. The van der Waals surface area contributed by atoms with Crippen molar-refractivity contribution >= 4 is 0 Å². The summed E-state index contributed by atoms with van der Waals surface area (Å²) in [6.07, 6.45) is 1.36. The van der Waals surface area contributed by atoms with Crippen LogP contribution in [0.15, 0.2) is 42.6 Å². The molecular weight excluding hydrogens is 209 g/mol. The Hall–Kier alpha value is -2.10. The lowest BCUT2D eigenvalue weighted by molar-refractivity contribution is 0.286. The molecule has 0 bridgehead atoms. The number of hydrogen-bond acceptors (Lipinski definition) is 3. The fourth-order valence-corrected chi connectivity index (χ4v) is 1.23. The molecule has 0 saturated carbocycles. The molecule has 0 unspecified atom stereocenters. The minimum absolute atomic E-state index is 0.121. The van der Waals surface area contributed by atoms with E-state index in [1.54, 1.807) is 30.3 Å². The van der Waals surface area contributed by atoms with E-state index >= 15 is 0 Å². The number of ether oxygens (including phenoxy) is 1. The molecule has 1 aromatic heterocycles. The van der Waals surface area contributed by atoms with E-state index in [1.807, 2.05) is 0 Å². The van der Waals surface area contributed by atoms with Crippen molar-refractivity contribution in [3.63, 3.8) is 0 Å². The molecule has 0 spiro atoms. The number of aromatic nitrogens is 1. The third-order valence-electron chi connectivity index (χ3n) is 2.06. The number of halogens is 1. The standard InChI is InChI=1S/C12H10FNO2/c13-12-11(2-1-7-14-12)16-8-9-3-5-10(15)6-4-9/h1-7,15H,8H2. The van der Waals surface area contributed by atoms with E-state index in [0.717, 1.165) is 5.56 Å². The molecule has 0 aliphatic rings. The van der Waals surface area contributed by atoms with Crippen molar-refractivity contribution in [1.29, 1.82) is 0 Å². The number of phenols is 1. The zero-order valence-corrected chi connectivity index (χ0v) is 8.43. The molecular formula is C12H10FNO2. The normalized spacial score (nSPS) is 10.1. The lowest BCUT2D eigenvalue weighted by atomic mass is 10.2. The first-order valence-electron chi connectivity index (χ1n) is 4.77. The Morgan fingerprint density at radius 2 is 1.94 bits per heavy atom. The average Bonchev–Trinajstić information content (AvgIpc) is 2.30. The maximum atomic E-state index is 13.1. The van der Waals surface area contributed by atoms with E-state index in [-0.39, 0.29) is 18.1 Å². The smallest absolute Gasteiger partial charge is 0.255 e. The van der Waals surface area contributed by atoms with Crippen LogP contribution in [0.5, 0.6) is 11.5 Å². The molecule has 0 aliphatic heterocycles. The quantitative estimate of drug-likeness (QED) is 0.806. The lowest BCUT2D eigenvalue weighted by Crippen LogP contribution is -1.98. The van der Waals surface area contributed by atoms with Gasteiger partial charge in [0, 0.05) is 6.20 Å². The van der Waals surface area contributed by atoms with Crippen LogP contribution in [0.2, 0.25) is 0 Å². The van der Waals surface area contributed by atoms with Crippen molar-refractivity contribution in [1.82, 2.24) is 4.98 Å². The van der Waals surface area contributed by atoms with Crippen molar-refractivity contribution in [3.05, 3.63) is 54.1 Å². The molecule has 0 saturated heterocycles. The van der Waals surface area contributed by atoms with Gasteiger partial charge in [0.15, 0.2) is 5.75 Å². The van der Waals surface area contributed by atoms with Crippen LogP contribution in [0.4, 0.5) is 4.39 Å². The molecule has 1 N–H and O–H groups in total. The van der Waals surface area contributed by atoms with Crippen molar-refractivity contribution in [2.75, 3.05) is 0 Å². The number of pyridine rings is 1. The van der Waals surface area contributed by atoms with Gasteiger partial charge < -0.3 is 9.84 Å². The summed E-state index contributed by atoms with van der Waals surface area (Å²) in [4.78, 5) is 3.47. The van der Waals surface area contributed by atoms with Gasteiger partial charge in [0.05, 0.1) is 0 Å². The zero-order valence-electron chi connectivity index (χ0n) is 8.43. The Labute approximate surface area is 92.1 Å². The Balaban J connectivity index is 2.02. The first-order chi connectivity index (χ1) is 7.75. The molecule has 0 radical (unpaired) electrons. The van der Waals surface area contributed by atoms with Gasteiger partial charge in [0.1, 0.15) is 12.4 Å². The van der Waals surface area contributed by atoms with Gasteiger partial charge in [-0.1, -0.05) is 12.1 Å². The molecule has 2 aromatic rings. The summed E-state index contributed by atoms with van der Waals surface area (Å²) in [5.74, 6) is -0.312. The third kappa shape index (κ3) is 2.48. The van der Waals surface area contributed by atoms with Crippen molar-refractivity contribution in [2.24, 2.45) is 0 Å². The molecule has 0 atom stereocenters. The Morgan fingerprint density at radius 3 is 2.62 bits per heavy atom. The maximum absolute atomic E-state index is 13.1. The Kier molecular flexibility index (Phi) is 3.00.